The molecule has 0 aliphatic heterocycles. The highest BCUT2D eigenvalue weighted by molar-refractivity contribution is 5.73. The van der Waals surface area contributed by atoms with E-state index in [2.05, 4.69) is 6.58 Å². The highest BCUT2D eigenvalue weighted by atomic mass is 19.4. The topological polar surface area (TPSA) is 80.4 Å². The molecule has 12 heavy (non-hydrogen) atoms. The van der Waals surface area contributed by atoms with Gasteiger partial charge in [0.2, 0.25) is 6.20 Å². The van der Waals surface area contributed by atoms with Gasteiger partial charge in [-0.25, -0.2) is 4.79 Å². The summed E-state index contributed by atoms with van der Waals surface area (Å²) >= 11 is 0. The van der Waals surface area contributed by atoms with E-state index >= 15 is 0 Å². The Hall–Kier alpha value is -1.60. The lowest BCUT2D eigenvalue weighted by Gasteiger charge is -1.93. The summed E-state index contributed by atoms with van der Waals surface area (Å²) in [6.07, 6.45) is -4.44. The molecular formula is C4H4F3NO4. The number of hydrogen-bond donors (Lipinski definition) is 1. The Bertz CT molecular complexity index is 187. The van der Waals surface area contributed by atoms with Crippen molar-refractivity contribution in [3.63, 3.8) is 0 Å². The van der Waals surface area contributed by atoms with Gasteiger partial charge >= 0.3 is 12.1 Å². The van der Waals surface area contributed by atoms with Crippen LogP contribution in [-0.2, 0) is 4.79 Å². The lowest BCUT2D eigenvalue weighted by Crippen LogP contribution is -2.21. The van der Waals surface area contributed by atoms with Crippen LogP contribution < -0.4 is 0 Å². The smallest absolute Gasteiger partial charge is 0.475 e. The van der Waals surface area contributed by atoms with Crippen LogP contribution in [0.25, 0.3) is 0 Å². The van der Waals surface area contributed by atoms with Crippen molar-refractivity contribution in [3.05, 3.63) is 22.9 Å². The van der Waals surface area contributed by atoms with E-state index in [-0.39, 0.29) is 0 Å². The zero-order chi connectivity index (χ0) is 10.4. The van der Waals surface area contributed by atoms with E-state index in [0.717, 1.165) is 0 Å². The molecule has 0 radical (unpaired) electrons. The van der Waals surface area contributed by atoms with Crippen LogP contribution in [-0.4, -0.2) is 22.2 Å². The molecular weight excluding hydrogens is 183 g/mol. The predicted molar refractivity (Wildman–Crippen MR) is 30.9 cm³/mol. The van der Waals surface area contributed by atoms with Crippen LogP contribution in [0.5, 0.6) is 0 Å². The lowest BCUT2D eigenvalue weighted by molar-refractivity contribution is -0.401. The Morgan fingerprint density at radius 2 is 1.75 bits per heavy atom. The SMILES string of the molecule is C=C[N+](=O)[O-].O=C(O)C(F)(F)F. The van der Waals surface area contributed by atoms with E-state index in [1.807, 2.05) is 0 Å². The van der Waals surface area contributed by atoms with Crippen LogP contribution in [0.15, 0.2) is 12.8 Å². The quantitative estimate of drug-likeness (QED) is 0.491. The zero-order valence-electron chi connectivity index (χ0n) is 5.54. The van der Waals surface area contributed by atoms with Crippen molar-refractivity contribution in [2.24, 2.45) is 0 Å². The van der Waals surface area contributed by atoms with Crippen LogP contribution in [0.1, 0.15) is 0 Å². The summed E-state index contributed by atoms with van der Waals surface area (Å²) in [5.74, 6) is -2.76. The molecule has 0 heterocycles. The monoisotopic (exact) mass is 187 g/mol. The first kappa shape index (κ1) is 13.0. The fourth-order valence-electron chi connectivity index (χ4n) is 0. The predicted octanol–water partition coefficient (Wildman–Crippen LogP) is 1.04. The van der Waals surface area contributed by atoms with Crippen molar-refractivity contribution in [1.29, 1.82) is 0 Å². The molecule has 70 valence electrons. The second kappa shape index (κ2) is 5.10. The minimum absolute atomic E-state index is 0.611. The van der Waals surface area contributed by atoms with Gasteiger partial charge < -0.3 is 5.11 Å². The number of alkyl halides is 3. The van der Waals surface area contributed by atoms with Crippen LogP contribution in [0, 0.1) is 10.1 Å². The van der Waals surface area contributed by atoms with E-state index in [9.17, 15) is 13.2 Å². The molecule has 0 aromatic rings. The largest absolute Gasteiger partial charge is 0.490 e. The molecule has 0 unspecified atom stereocenters. The molecule has 5 nitrogen and oxygen atoms in total. The van der Waals surface area contributed by atoms with Crippen LogP contribution in [0.3, 0.4) is 0 Å². The second-order valence-electron chi connectivity index (χ2n) is 1.27. The van der Waals surface area contributed by atoms with Gasteiger partial charge in [-0.05, 0) is 6.58 Å². The van der Waals surface area contributed by atoms with Crippen LogP contribution in [0.4, 0.5) is 13.2 Å². The molecule has 0 bridgehead atoms. The van der Waals surface area contributed by atoms with Gasteiger partial charge in [0.15, 0.2) is 0 Å². The molecule has 0 saturated carbocycles. The zero-order valence-corrected chi connectivity index (χ0v) is 5.54. The maximum absolute atomic E-state index is 10.6. The number of carbonyl (C=O) groups is 1. The molecule has 8 heteroatoms. The van der Waals surface area contributed by atoms with Crippen molar-refractivity contribution in [1.82, 2.24) is 0 Å². The van der Waals surface area contributed by atoms with Crippen LogP contribution in [0.2, 0.25) is 0 Å². The minimum Gasteiger partial charge on any atom is -0.475 e. The molecule has 1 N–H and O–H groups in total. The van der Waals surface area contributed by atoms with Gasteiger partial charge in [-0.15, -0.1) is 0 Å². The van der Waals surface area contributed by atoms with Gasteiger partial charge in [0.25, 0.3) is 0 Å². The molecule has 0 rings (SSSR count). The molecule has 0 aromatic heterocycles. The first-order valence-corrected chi connectivity index (χ1v) is 2.28. The second-order valence-corrected chi connectivity index (χ2v) is 1.27. The fraction of sp³-hybridized carbons (Fsp3) is 0.250. The Balaban J connectivity index is 0. The van der Waals surface area contributed by atoms with Gasteiger partial charge in [-0.3, -0.25) is 10.1 Å². The Kier molecular flexibility index (Phi) is 5.54. The number of rotatable bonds is 1. The summed E-state index contributed by atoms with van der Waals surface area (Å²) < 4.78 is 31.7. The van der Waals surface area contributed by atoms with E-state index in [0.29, 0.717) is 6.20 Å². The number of carboxylic acids is 1. The number of nitrogens with zero attached hydrogens (tertiary/aromatic N) is 1. The molecule has 0 fully saturated rings. The summed E-state index contributed by atoms with van der Waals surface area (Å²) in [5.41, 5.74) is 0. The number of carboxylic acid groups (broad SMARTS) is 1. The molecule has 0 spiro atoms. The van der Waals surface area contributed by atoms with Gasteiger partial charge in [0, 0.05) is 0 Å². The van der Waals surface area contributed by atoms with Gasteiger partial charge in [0.05, 0.1) is 4.92 Å². The summed E-state index contributed by atoms with van der Waals surface area (Å²) in [6, 6.07) is 0. The van der Waals surface area contributed by atoms with Gasteiger partial charge in [-0.2, -0.15) is 13.2 Å². The molecule has 0 aromatic carbocycles. The van der Waals surface area contributed by atoms with Crippen molar-refractivity contribution < 1.29 is 28.0 Å². The normalized spacial score (nSPS) is 9.25. The van der Waals surface area contributed by atoms with Crippen LogP contribution >= 0.6 is 0 Å². The number of hydrogen-bond acceptors (Lipinski definition) is 3. The third-order valence-electron chi connectivity index (χ3n) is 0.392. The van der Waals surface area contributed by atoms with Gasteiger partial charge in [-0.1, -0.05) is 0 Å². The summed E-state index contributed by atoms with van der Waals surface area (Å²) in [5, 5.41) is 16.2. The highest BCUT2D eigenvalue weighted by Crippen LogP contribution is 2.13. The third-order valence-corrected chi connectivity index (χ3v) is 0.392. The highest BCUT2D eigenvalue weighted by Gasteiger charge is 2.38. The Morgan fingerprint density at radius 1 is 1.58 bits per heavy atom. The summed E-state index contributed by atoms with van der Waals surface area (Å²) in [7, 11) is 0. The van der Waals surface area contributed by atoms with Crippen molar-refractivity contribution in [2.45, 2.75) is 6.18 Å². The summed E-state index contributed by atoms with van der Waals surface area (Å²) in [6.45, 7) is 2.86. The van der Waals surface area contributed by atoms with Crippen molar-refractivity contribution in [2.75, 3.05) is 0 Å². The Labute approximate surface area is 64.3 Å². The maximum atomic E-state index is 10.6. The fourth-order valence-corrected chi connectivity index (χ4v) is 0. The standard InChI is InChI=1S/C2HF3O2.C2H3NO2/c3-2(4,5)1(6)7;1-2-3(4)5/h(H,6,7);2H,1H2. The maximum Gasteiger partial charge on any atom is 0.490 e. The molecule has 0 aliphatic carbocycles. The van der Waals surface area contributed by atoms with E-state index < -0.39 is 17.1 Å². The first-order chi connectivity index (χ1) is 5.21. The molecule has 0 amide bonds. The third kappa shape index (κ3) is 11.2. The Morgan fingerprint density at radius 3 is 1.75 bits per heavy atom. The van der Waals surface area contributed by atoms with E-state index in [1.165, 1.54) is 0 Å². The number of nitro groups is 1. The van der Waals surface area contributed by atoms with Crippen molar-refractivity contribution in [3.8, 4) is 0 Å². The molecule has 0 saturated heterocycles. The van der Waals surface area contributed by atoms with E-state index in [1.54, 1.807) is 0 Å². The van der Waals surface area contributed by atoms with E-state index in [4.69, 9.17) is 20.0 Å². The number of aliphatic carboxylic acids is 1. The molecule has 0 atom stereocenters. The van der Waals surface area contributed by atoms with Gasteiger partial charge in [0.1, 0.15) is 0 Å². The number of halogens is 3. The lowest BCUT2D eigenvalue weighted by atomic mass is 10.7. The van der Waals surface area contributed by atoms with Crippen molar-refractivity contribution >= 4 is 5.97 Å². The minimum atomic E-state index is -5.08. The summed E-state index contributed by atoms with van der Waals surface area (Å²) in [4.78, 5) is 17.3. The average Bonchev–Trinajstić information content (AvgIpc) is 1.87. The average molecular weight is 187 g/mol. The molecule has 0 aliphatic rings. The first-order valence-electron chi connectivity index (χ1n) is 2.28.